The Labute approximate surface area is 171 Å². The fourth-order valence-corrected chi connectivity index (χ4v) is 8.17. The highest BCUT2D eigenvalue weighted by molar-refractivity contribution is 5.91. The molecule has 0 radical (unpaired) electrons. The van der Waals surface area contributed by atoms with Gasteiger partial charge in [0.15, 0.2) is 5.78 Å². The molecular formula is C25H40O3. The molecule has 0 N–H and O–H groups in total. The Morgan fingerprint density at radius 1 is 1.07 bits per heavy atom. The van der Waals surface area contributed by atoms with E-state index in [0.717, 1.165) is 42.4 Å². The molecule has 3 nitrogen and oxygen atoms in total. The van der Waals surface area contributed by atoms with Crippen LogP contribution in [-0.4, -0.2) is 18.9 Å². The molecule has 5 aliphatic carbocycles. The smallest absolute Gasteiger partial charge is 0.302 e. The zero-order valence-corrected chi connectivity index (χ0v) is 18.8. The molecule has 3 heteroatoms. The van der Waals surface area contributed by atoms with Crippen molar-refractivity contribution in [1.82, 2.24) is 0 Å². The number of ketones is 1. The van der Waals surface area contributed by atoms with E-state index in [2.05, 4.69) is 18.6 Å². The highest BCUT2D eigenvalue weighted by Gasteiger charge is 2.78. The first-order valence-electron chi connectivity index (χ1n) is 11.6. The largest absolute Gasteiger partial charge is 0.469 e. The van der Waals surface area contributed by atoms with Crippen molar-refractivity contribution >= 4 is 11.8 Å². The zero-order valence-electron chi connectivity index (χ0n) is 18.8. The van der Waals surface area contributed by atoms with Crippen LogP contribution in [0.25, 0.3) is 0 Å². The molecule has 0 aromatic rings. The van der Waals surface area contributed by atoms with Crippen molar-refractivity contribution in [2.75, 3.05) is 7.11 Å². The second-order valence-electron chi connectivity index (χ2n) is 9.80. The van der Waals surface area contributed by atoms with Crippen LogP contribution in [0, 0.1) is 40.4 Å². The molecule has 0 bridgehead atoms. The van der Waals surface area contributed by atoms with Crippen LogP contribution in [0.4, 0.5) is 0 Å². The third-order valence-corrected chi connectivity index (χ3v) is 9.15. The van der Waals surface area contributed by atoms with Gasteiger partial charge in [0.2, 0.25) is 0 Å². The molecule has 4 saturated carbocycles. The maximum atomic E-state index is 11.8. The Morgan fingerprint density at radius 2 is 1.71 bits per heavy atom. The van der Waals surface area contributed by atoms with E-state index in [1.165, 1.54) is 58.1 Å². The maximum absolute atomic E-state index is 11.8. The lowest BCUT2D eigenvalue weighted by Gasteiger charge is -2.55. The van der Waals surface area contributed by atoms with Gasteiger partial charge >= 0.3 is 5.97 Å². The number of fused-ring (bicyclic) bond motifs is 3. The summed E-state index contributed by atoms with van der Waals surface area (Å²) in [6.45, 7) is 10.5. The molecule has 0 aliphatic heterocycles. The van der Waals surface area contributed by atoms with Crippen molar-refractivity contribution in [3.63, 3.8) is 0 Å². The number of hydrogen-bond donors (Lipinski definition) is 0. The molecule has 1 spiro atoms. The first-order valence-corrected chi connectivity index (χ1v) is 11.6. The molecule has 0 amide bonds. The van der Waals surface area contributed by atoms with Crippen LogP contribution in [0.2, 0.25) is 0 Å². The first-order chi connectivity index (χ1) is 13.3. The number of rotatable bonds is 0. The fraction of sp³-hybridized carbons (Fsp3) is 0.840. The molecule has 5 rings (SSSR count). The van der Waals surface area contributed by atoms with Crippen LogP contribution in [0.3, 0.4) is 0 Å². The van der Waals surface area contributed by atoms with Crippen LogP contribution in [0.5, 0.6) is 0 Å². The van der Waals surface area contributed by atoms with E-state index in [1.54, 1.807) is 0 Å². The van der Waals surface area contributed by atoms with Crippen molar-refractivity contribution in [2.45, 2.75) is 86.0 Å². The third kappa shape index (κ3) is 3.08. The Hall–Kier alpha value is -1.12. The van der Waals surface area contributed by atoms with E-state index < -0.39 is 0 Å². The standard InChI is InChI=1S/C20H28O.C3H6O2.C2H6/c1-12-17-8-10-19(2)9-7-16-15-5-4-14(21)11-13(15)3-6-18(16)20(12,17)19;1-3(4)5-2;1-2/h11-12,15-18H,3-10H2,1-2H3;1-2H3;1-2H3. The number of methoxy groups -OCH3 is 1. The summed E-state index contributed by atoms with van der Waals surface area (Å²) in [5, 5.41) is 0. The molecule has 7 atom stereocenters. The van der Waals surface area contributed by atoms with Crippen LogP contribution >= 0.6 is 0 Å². The number of allylic oxidation sites excluding steroid dienone is 1. The van der Waals surface area contributed by atoms with Crippen molar-refractivity contribution in [3.8, 4) is 0 Å². The minimum absolute atomic E-state index is 0.245. The van der Waals surface area contributed by atoms with E-state index in [0.29, 0.717) is 16.6 Å². The van der Waals surface area contributed by atoms with Gasteiger partial charge in [-0.3, -0.25) is 9.59 Å². The van der Waals surface area contributed by atoms with E-state index in [-0.39, 0.29) is 5.97 Å². The molecule has 28 heavy (non-hydrogen) atoms. The molecule has 5 aliphatic rings. The van der Waals surface area contributed by atoms with E-state index in [4.69, 9.17) is 0 Å². The van der Waals surface area contributed by atoms with E-state index >= 15 is 0 Å². The molecule has 0 aromatic heterocycles. The summed E-state index contributed by atoms with van der Waals surface area (Å²) in [6.07, 6.45) is 12.6. The Morgan fingerprint density at radius 3 is 2.32 bits per heavy atom. The highest BCUT2D eigenvalue weighted by Crippen LogP contribution is 2.84. The van der Waals surface area contributed by atoms with Crippen molar-refractivity contribution in [2.24, 2.45) is 40.4 Å². The normalized spacial score (nSPS) is 44.7. The predicted molar refractivity (Wildman–Crippen MR) is 113 cm³/mol. The number of esters is 1. The summed E-state index contributed by atoms with van der Waals surface area (Å²) >= 11 is 0. The number of carbonyl (C=O) groups is 2. The van der Waals surface area contributed by atoms with Gasteiger partial charge in [-0.05, 0) is 91.4 Å². The summed E-state index contributed by atoms with van der Waals surface area (Å²) in [4.78, 5) is 21.3. The molecule has 4 fully saturated rings. The van der Waals surface area contributed by atoms with Crippen LogP contribution < -0.4 is 0 Å². The lowest BCUT2D eigenvalue weighted by molar-refractivity contribution is -0.137. The van der Waals surface area contributed by atoms with Crippen molar-refractivity contribution in [1.29, 1.82) is 0 Å². The van der Waals surface area contributed by atoms with Crippen LogP contribution in [0.15, 0.2) is 11.6 Å². The Kier molecular flexibility index (Phi) is 6.13. The summed E-state index contributed by atoms with van der Waals surface area (Å²) < 4.78 is 4.11. The zero-order chi connectivity index (χ0) is 20.7. The van der Waals surface area contributed by atoms with Gasteiger partial charge < -0.3 is 4.74 Å². The van der Waals surface area contributed by atoms with Crippen molar-refractivity contribution in [3.05, 3.63) is 11.6 Å². The van der Waals surface area contributed by atoms with Crippen LogP contribution in [-0.2, 0) is 14.3 Å². The number of carbonyl (C=O) groups excluding carboxylic acids is 2. The molecule has 0 aromatic carbocycles. The summed E-state index contributed by atoms with van der Waals surface area (Å²) in [5.74, 6) is 4.85. The van der Waals surface area contributed by atoms with E-state index in [9.17, 15) is 9.59 Å². The highest BCUT2D eigenvalue weighted by atomic mass is 16.5. The fourth-order valence-electron chi connectivity index (χ4n) is 8.17. The van der Waals surface area contributed by atoms with Gasteiger partial charge in [-0.1, -0.05) is 33.3 Å². The van der Waals surface area contributed by atoms with Gasteiger partial charge in [0.05, 0.1) is 7.11 Å². The van der Waals surface area contributed by atoms with Gasteiger partial charge in [0.25, 0.3) is 0 Å². The average molecular weight is 389 g/mol. The molecular weight excluding hydrogens is 348 g/mol. The van der Waals surface area contributed by atoms with Gasteiger partial charge in [-0.2, -0.15) is 0 Å². The SMILES string of the molecule is CC.CC1C2CCC3(C)CCC4C5CCC(=O)C=C5CCC4C123.COC(C)=O. The quantitative estimate of drug-likeness (QED) is 0.480. The van der Waals surface area contributed by atoms with E-state index in [1.807, 2.05) is 19.9 Å². The third-order valence-electron chi connectivity index (χ3n) is 9.15. The molecule has 7 unspecified atom stereocenters. The van der Waals surface area contributed by atoms with Gasteiger partial charge in [0, 0.05) is 13.3 Å². The topological polar surface area (TPSA) is 43.4 Å². The monoisotopic (exact) mass is 388 g/mol. The summed E-state index contributed by atoms with van der Waals surface area (Å²) in [6, 6.07) is 0. The van der Waals surface area contributed by atoms with Gasteiger partial charge in [0.1, 0.15) is 0 Å². The Balaban J connectivity index is 0.000000284. The lowest BCUT2D eigenvalue weighted by Crippen LogP contribution is -2.48. The van der Waals surface area contributed by atoms with Gasteiger partial charge in [-0.25, -0.2) is 0 Å². The van der Waals surface area contributed by atoms with Gasteiger partial charge in [-0.15, -0.1) is 0 Å². The predicted octanol–water partition coefficient (Wildman–Crippen LogP) is 5.97. The van der Waals surface area contributed by atoms with Crippen LogP contribution in [0.1, 0.15) is 86.0 Å². The average Bonchev–Trinajstić information content (AvgIpc) is 3.14. The maximum Gasteiger partial charge on any atom is 0.302 e. The minimum Gasteiger partial charge on any atom is -0.469 e. The lowest BCUT2D eigenvalue weighted by atomic mass is 9.49. The number of ether oxygens (including phenoxy) is 1. The second-order valence-corrected chi connectivity index (χ2v) is 9.80. The number of hydrogen-bond acceptors (Lipinski definition) is 3. The molecule has 158 valence electrons. The molecule has 0 heterocycles. The summed E-state index contributed by atoms with van der Waals surface area (Å²) in [7, 11) is 1.35. The first kappa shape index (κ1) is 21.6. The summed E-state index contributed by atoms with van der Waals surface area (Å²) in [5.41, 5.74) is 2.91. The molecule has 0 saturated heterocycles. The van der Waals surface area contributed by atoms with Crippen molar-refractivity contribution < 1.29 is 14.3 Å². The minimum atomic E-state index is -0.245. The Bertz CT molecular complexity index is 650. The second kappa shape index (κ2) is 7.95.